The van der Waals surface area contributed by atoms with E-state index in [0.29, 0.717) is 28.6 Å². The zero-order valence-corrected chi connectivity index (χ0v) is 20.3. The van der Waals surface area contributed by atoms with Gasteiger partial charge in [0.15, 0.2) is 0 Å². The molecule has 0 radical (unpaired) electrons. The Kier molecular flexibility index (Phi) is 5.31. The topological polar surface area (TPSA) is 43.4 Å². The largest absolute Gasteiger partial charge is 0.459 e. The number of halogens is 1. The molecule has 4 saturated carbocycles. The molecule has 30 heavy (non-hydrogen) atoms. The van der Waals surface area contributed by atoms with Crippen molar-refractivity contribution in [3.63, 3.8) is 0 Å². The lowest BCUT2D eigenvalue weighted by Crippen LogP contribution is -2.54. The number of ether oxygens (including phenoxy) is 1. The number of fused-ring (bicyclic) bond motifs is 5. The van der Waals surface area contributed by atoms with E-state index in [-0.39, 0.29) is 17.5 Å². The molecule has 0 bridgehead atoms. The van der Waals surface area contributed by atoms with Crippen molar-refractivity contribution in [2.45, 2.75) is 77.7 Å². The third-order valence-electron chi connectivity index (χ3n) is 9.66. The minimum absolute atomic E-state index is 0.0374. The second-order valence-electron chi connectivity index (χ2n) is 10.9. The first-order valence-corrected chi connectivity index (χ1v) is 12.9. The standard InChI is InChI=1S/C26H33IO3/c1-25-12-10-19(30-24(29)16-4-3-5-18(27)14-16)15-17(25)6-7-20-21-8-9-23(28)26(21,2)13-11-22(20)25/h3-5,14,17,19-22H,6-13,15H2,1-2H3/t17-,19+,20+,21-,22+,25-,26-/m0/s1. The molecule has 4 aliphatic rings. The maximum absolute atomic E-state index is 12.7. The first-order valence-electron chi connectivity index (χ1n) is 11.8. The molecule has 0 spiro atoms. The van der Waals surface area contributed by atoms with Crippen molar-refractivity contribution in [1.82, 2.24) is 0 Å². The molecular formula is C26H33IO3. The number of Topliss-reactive ketones (excluding diaryl/α,β-unsaturated/α-hetero) is 1. The van der Waals surface area contributed by atoms with Gasteiger partial charge in [-0.15, -0.1) is 0 Å². The lowest BCUT2D eigenvalue weighted by molar-refractivity contribution is -0.142. The maximum atomic E-state index is 12.7. The van der Waals surface area contributed by atoms with E-state index in [4.69, 9.17) is 4.74 Å². The van der Waals surface area contributed by atoms with Gasteiger partial charge in [-0.25, -0.2) is 4.79 Å². The van der Waals surface area contributed by atoms with Crippen molar-refractivity contribution in [2.24, 2.45) is 34.5 Å². The molecule has 0 N–H and O–H groups in total. The van der Waals surface area contributed by atoms with Gasteiger partial charge in [-0.2, -0.15) is 0 Å². The van der Waals surface area contributed by atoms with Crippen molar-refractivity contribution in [2.75, 3.05) is 0 Å². The number of benzene rings is 1. The third-order valence-corrected chi connectivity index (χ3v) is 10.3. The predicted molar refractivity (Wildman–Crippen MR) is 125 cm³/mol. The van der Waals surface area contributed by atoms with Gasteiger partial charge < -0.3 is 4.74 Å². The highest BCUT2D eigenvalue weighted by molar-refractivity contribution is 14.1. The fraction of sp³-hybridized carbons (Fsp3) is 0.692. The summed E-state index contributed by atoms with van der Waals surface area (Å²) in [6.07, 6.45) is 9.91. The van der Waals surface area contributed by atoms with Crippen LogP contribution in [0.15, 0.2) is 24.3 Å². The van der Waals surface area contributed by atoms with Crippen LogP contribution in [0.2, 0.25) is 0 Å². The zero-order valence-electron chi connectivity index (χ0n) is 18.2. The lowest BCUT2D eigenvalue weighted by Gasteiger charge is -2.60. The summed E-state index contributed by atoms with van der Waals surface area (Å²) in [5.74, 6) is 3.08. The van der Waals surface area contributed by atoms with Gasteiger partial charge in [0.05, 0.1) is 5.56 Å². The number of hydrogen-bond donors (Lipinski definition) is 0. The van der Waals surface area contributed by atoms with Crippen molar-refractivity contribution < 1.29 is 14.3 Å². The quantitative estimate of drug-likeness (QED) is 0.334. The van der Waals surface area contributed by atoms with Gasteiger partial charge in [0.1, 0.15) is 11.9 Å². The summed E-state index contributed by atoms with van der Waals surface area (Å²) in [6.45, 7) is 4.78. The first-order chi connectivity index (χ1) is 14.3. The molecule has 5 rings (SSSR count). The van der Waals surface area contributed by atoms with E-state index < -0.39 is 0 Å². The Morgan fingerprint density at radius 2 is 1.90 bits per heavy atom. The predicted octanol–water partition coefficient (Wildman–Crippen LogP) is 6.43. The van der Waals surface area contributed by atoms with Gasteiger partial charge in [0.25, 0.3) is 0 Å². The molecule has 1 aromatic carbocycles. The minimum atomic E-state index is -0.172. The molecule has 4 aliphatic carbocycles. The maximum Gasteiger partial charge on any atom is 0.338 e. The molecular weight excluding hydrogens is 487 g/mol. The van der Waals surface area contributed by atoms with Crippen LogP contribution >= 0.6 is 22.6 Å². The fourth-order valence-corrected chi connectivity index (χ4v) is 8.47. The van der Waals surface area contributed by atoms with Crippen LogP contribution < -0.4 is 0 Å². The molecule has 1 aromatic rings. The Morgan fingerprint density at radius 1 is 1.07 bits per heavy atom. The number of esters is 1. The second kappa shape index (κ2) is 7.60. The van der Waals surface area contributed by atoms with Crippen LogP contribution in [-0.4, -0.2) is 17.9 Å². The normalized spacial score (nSPS) is 42.8. The van der Waals surface area contributed by atoms with E-state index in [1.54, 1.807) is 0 Å². The number of hydrogen-bond acceptors (Lipinski definition) is 3. The summed E-state index contributed by atoms with van der Waals surface area (Å²) in [4.78, 5) is 25.3. The Hall–Kier alpha value is -0.910. The number of rotatable bonds is 2. The summed E-state index contributed by atoms with van der Waals surface area (Å²) >= 11 is 2.24. The summed E-state index contributed by atoms with van der Waals surface area (Å²) in [7, 11) is 0. The van der Waals surface area contributed by atoms with E-state index in [1.165, 1.54) is 19.3 Å². The molecule has 0 heterocycles. The van der Waals surface area contributed by atoms with Crippen molar-refractivity contribution in [3.8, 4) is 0 Å². The summed E-state index contributed by atoms with van der Waals surface area (Å²) in [5, 5.41) is 0. The molecule has 7 atom stereocenters. The Labute approximate surface area is 193 Å². The van der Waals surface area contributed by atoms with Crippen molar-refractivity contribution in [3.05, 3.63) is 33.4 Å². The van der Waals surface area contributed by atoms with Crippen LogP contribution in [0.1, 0.15) is 82.0 Å². The van der Waals surface area contributed by atoms with Crippen LogP contribution in [0.25, 0.3) is 0 Å². The molecule has 0 saturated heterocycles. The van der Waals surface area contributed by atoms with Crippen LogP contribution in [0.3, 0.4) is 0 Å². The number of carbonyl (C=O) groups excluding carboxylic acids is 2. The van der Waals surface area contributed by atoms with E-state index in [0.717, 1.165) is 53.9 Å². The molecule has 0 aromatic heterocycles. The third kappa shape index (κ3) is 3.27. The average Bonchev–Trinajstić information content (AvgIpc) is 3.03. The smallest absolute Gasteiger partial charge is 0.338 e. The average molecular weight is 520 g/mol. The van der Waals surface area contributed by atoms with E-state index in [1.807, 2.05) is 24.3 Å². The minimum Gasteiger partial charge on any atom is -0.459 e. The lowest BCUT2D eigenvalue weighted by atomic mass is 9.45. The highest BCUT2D eigenvalue weighted by Crippen LogP contribution is 2.65. The Balaban J connectivity index is 1.28. The monoisotopic (exact) mass is 520 g/mol. The van der Waals surface area contributed by atoms with Gasteiger partial charge in [-0.3, -0.25) is 4.79 Å². The SMILES string of the molecule is C[C@]12CC[C@@H](OC(=O)c3cccc(I)c3)C[C@@H]1CC[C@H]1[C@H]2CC[C@]2(C)C(=O)CC[C@@H]12. The Bertz CT molecular complexity index is 866. The van der Waals surface area contributed by atoms with Crippen molar-refractivity contribution in [1.29, 1.82) is 0 Å². The zero-order chi connectivity index (χ0) is 21.1. The Morgan fingerprint density at radius 3 is 2.70 bits per heavy atom. The molecule has 3 nitrogen and oxygen atoms in total. The van der Waals surface area contributed by atoms with Crippen LogP contribution in [0, 0.1) is 38.1 Å². The molecule has 162 valence electrons. The van der Waals surface area contributed by atoms with Gasteiger partial charge >= 0.3 is 5.97 Å². The highest BCUT2D eigenvalue weighted by atomic mass is 127. The summed E-state index contributed by atoms with van der Waals surface area (Å²) in [6, 6.07) is 7.67. The number of carbonyl (C=O) groups is 2. The fourth-order valence-electron chi connectivity index (χ4n) is 7.93. The van der Waals surface area contributed by atoms with E-state index in [9.17, 15) is 9.59 Å². The van der Waals surface area contributed by atoms with Crippen LogP contribution in [0.5, 0.6) is 0 Å². The number of ketones is 1. The van der Waals surface area contributed by atoms with E-state index in [2.05, 4.69) is 36.4 Å². The first kappa shape index (κ1) is 21.0. The summed E-state index contributed by atoms with van der Waals surface area (Å²) in [5.41, 5.74) is 0.974. The van der Waals surface area contributed by atoms with Crippen molar-refractivity contribution >= 4 is 34.3 Å². The molecule has 0 unspecified atom stereocenters. The molecule has 4 heteroatoms. The van der Waals surface area contributed by atoms with Gasteiger partial charge in [0.2, 0.25) is 0 Å². The van der Waals surface area contributed by atoms with Crippen LogP contribution in [-0.2, 0) is 9.53 Å². The van der Waals surface area contributed by atoms with Gasteiger partial charge in [-0.05, 0) is 121 Å². The molecule has 4 fully saturated rings. The summed E-state index contributed by atoms with van der Waals surface area (Å²) < 4.78 is 7.04. The highest BCUT2D eigenvalue weighted by Gasteiger charge is 2.60. The molecule has 0 amide bonds. The van der Waals surface area contributed by atoms with Gasteiger partial charge in [0, 0.05) is 15.4 Å². The van der Waals surface area contributed by atoms with Gasteiger partial charge in [-0.1, -0.05) is 19.9 Å². The van der Waals surface area contributed by atoms with E-state index >= 15 is 0 Å². The second-order valence-corrected chi connectivity index (χ2v) is 12.1. The molecule has 0 aliphatic heterocycles. The van der Waals surface area contributed by atoms with Crippen LogP contribution in [0.4, 0.5) is 0 Å².